The van der Waals surface area contributed by atoms with Crippen LogP contribution < -0.4 is 25.0 Å². The van der Waals surface area contributed by atoms with Crippen LogP contribution in [0.1, 0.15) is 0 Å². The van der Waals surface area contributed by atoms with Gasteiger partial charge in [-0.3, -0.25) is 0 Å². The van der Waals surface area contributed by atoms with E-state index in [4.69, 9.17) is 9.47 Å². The molecule has 0 saturated carbocycles. The second-order valence-corrected chi connectivity index (χ2v) is 4.85. The minimum Gasteiger partial charge on any atom is -0.497 e. The molecule has 23 heavy (non-hydrogen) atoms. The molecule has 2 amide bonds. The van der Waals surface area contributed by atoms with E-state index in [9.17, 15) is 4.79 Å². The summed E-state index contributed by atoms with van der Waals surface area (Å²) in [5, 5.41) is 5.36. The lowest BCUT2D eigenvalue weighted by molar-refractivity contribution is 0.262. The van der Waals surface area contributed by atoms with Gasteiger partial charge < -0.3 is 25.0 Å². The van der Waals surface area contributed by atoms with Gasteiger partial charge in [-0.25, -0.2) is 14.8 Å². The van der Waals surface area contributed by atoms with Gasteiger partial charge in [0.2, 0.25) is 5.95 Å². The fraction of sp³-hybridized carbons (Fsp3) is 0.267. The zero-order chi connectivity index (χ0) is 16.8. The third kappa shape index (κ3) is 4.47. The fourth-order valence-corrected chi connectivity index (χ4v) is 1.79. The van der Waals surface area contributed by atoms with Crippen molar-refractivity contribution in [2.24, 2.45) is 0 Å². The molecule has 0 radical (unpaired) electrons. The number of amides is 2. The Morgan fingerprint density at radius 2 is 1.48 bits per heavy atom. The first-order chi connectivity index (χ1) is 11.0. The van der Waals surface area contributed by atoms with Crippen LogP contribution in [-0.4, -0.2) is 44.3 Å². The normalized spacial score (nSPS) is 9.91. The number of hydrogen-bond acceptors (Lipinski definition) is 6. The van der Waals surface area contributed by atoms with Crippen molar-refractivity contribution in [2.45, 2.75) is 0 Å². The van der Waals surface area contributed by atoms with Crippen molar-refractivity contribution in [1.29, 1.82) is 0 Å². The molecule has 0 aliphatic rings. The van der Waals surface area contributed by atoms with Crippen LogP contribution in [0.5, 0.6) is 11.5 Å². The molecular formula is C15H19N5O3. The van der Waals surface area contributed by atoms with Crippen LogP contribution in [0.4, 0.5) is 22.1 Å². The van der Waals surface area contributed by atoms with E-state index in [1.807, 2.05) is 14.1 Å². The highest BCUT2D eigenvalue weighted by molar-refractivity contribution is 5.99. The summed E-state index contributed by atoms with van der Waals surface area (Å²) in [6.45, 7) is 0. The van der Waals surface area contributed by atoms with Crippen molar-refractivity contribution >= 4 is 23.4 Å². The van der Waals surface area contributed by atoms with Crippen LogP contribution in [0.2, 0.25) is 0 Å². The van der Waals surface area contributed by atoms with E-state index in [1.165, 1.54) is 12.4 Å². The second kappa shape index (κ2) is 7.30. The Morgan fingerprint density at radius 1 is 0.957 bits per heavy atom. The summed E-state index contributed by atoms with van der Waals surface area (Å²) in [4.78, 5) is 22.1. The molecule has 0 spiro atoms. The Hall–Kier alpha value is -3.03. The molecule has 0 unspecified atom stereocenters. The maximum absolute atomic E-state index is 12.0. The van der Waals surface area contributed by atoms with Crippen molar-refractivity contribution in [1.82, 2.24) is 9.97 Å². The summed E-state index contributed by atoms with van der Waals surface area (Å²) in [7, 11) is 6.77. The summed E-state index contributed by atoms with van der Waals surface area (Å²) in [6.07, 6.45) is 3.07. The van der Waals surface area contributed by atoms with Crippen LogP contribution in [0.3, 0.4) is 0 Å². The SMILES string of the molecule is COc1cc(NC(=O)Nc2cnc(N(C)C)nc2)cc(OC)c1. The molecule has 0 saturated heterocycles. The third-order valence-electron chi connectivity index (χ3n) is 2.91. The molecule has 2 N–H and O–H groups in total. The number of urea groups is 1. The number of methoxy groups -OCH3 is 2. The van der Waals surface area contributed by atoms with E-state index in [0.29, 0.717) is 28.8 Å². The van der Waals surface area contributed by atoms with Gasteiger partial charge >= 0.3 is 6.03 Å². The summed E-state index contributed by atoms with van der Waals surface area (Å²) in [5.41, 5.74) is 1.03. The number of nitrogens with zero attached hydrogens (tertiary/aromatic N) is 3. The monoisotopic (exact) mass is 317 g/mol. The summed E-state index contributed by atoms with van der Waals surface area (Å²) < 4.78 is 10.3. The van der Waals surface area contributed by atoms with Gasteiger partial charge in [-0.1, -0.05) is 0 Å². The lowest BCUT2D eigenvalue weighted by atomic mass is 10.3. The number of hydrogen-bond donors (Lipinski definition) is 2. The lowest BCUT2D eigenvalue weighted by Crippen LogP contribution is -2.20. The van der Waals surface area contributed by atoms with Crippen molar-refractivity contribution < 1.29 is 14.3 Å². The summed E-state index contributed by atoms with van der Waals surface area (Å²) >= 11 is 0. The van der Waals surface area contributed by atoms with Gasteiger partial charge in [-0.2, -0.15) is 0 Å². The van der Waals surface area contributed by atoms with E-state index < -0.39 is 6.03 Å². The number of nitrogens with one attached hydrogen (secondary N) is 2. The minimum absolute atomic E-state index is 0.415. The molecule has 0 fully saturated rings. The molecule has 8 nitrogen and oxygen atoms in total. The molecule has 0 aliphatic carbocycles. The van der Waals surface area contributed by atoms with E-state index in [0.717, 1.165) is 0 Å². The molecule has 1 heterocycles. The molecule has 8 heteroatoms. The number of benzene rings is 1. The molecule has 122 valence electrons. The highest BCUT2D eigenvalue weighted by atomic mass is 16.5. The Labute approximate surface area is 134 Å². The number of ether oxygens (including phenoxy) is 2. The fourth-order valence-electron chi connectivity index (χ4n) is 1.79. The Balaban J connectivity index is 2.04. The van der Waals surface area contributed by atoms with Gasteiger partial charge in [0, 0.05) is 38.0 Å². The van der Waals surface area contributed by atoms with Crippen molar-refractivity contribution in [3.05, 3.63) is 30.6 Å². The van der Waals surface area contributed by atoms with Crippen molar-refractivity contribution in [3.63, 3.8) is 0 Å². The van der Waals surface area contributed by atoms with Gasteiger partial charge in [-0.15, -0.1) is 0 Å². The molecule has 0 aliphatic heterocycles. The Kier molecular flexibility index (Phi) is 5.19. The maximum atomic E-state index is 12.0. The van der Waals surface area contributed by atoms with Gasteiger partial charge in [0.1, 0.15) is 11.5 Å². The topological polar surface area (TPSA) is 88.6 Å². The smallest absolute Gasteiger partial charge is 0.323 e. The number of rotatable bonds is 5. The van der Waals surface area contributed by atoms with Crippen LogP contribution >= 0.6 is 0 Å². The van der Waals surface area contributed by atoms with Gasteiger partial charge in [0.05, 0.1) is 32.3 Å². The highest BCUT2D eigenvalue weighted by Gasteiger charge is 2.07. The maximum Gasteiger partial charge on any atom is 0.323 e. The number of carbonyl (C=O) groups is 1. The molecule has 0 atom stereocenters. The Bertz CT molecular complexity index is 651. The average molecular weight is 317 g/mol. The first kappa shape index (κ1) is 16.3. The zero-order valence-corrected chi connectivity index (χ0v) is 13.5. The molecule has 0 bridgehead atoms. The van der Waals surface area contributed by atoms with Crippen LogP contribution in [0.15, 0.2) is 30.6 Å². The first-order valence-electron chi connectivity index (χ1n) is 6.82. The van der Waals surface area contributed by atoms with Crippen molar-refractivity contribution in [3.8, 4) is 11.5 Å². The zero-order valence-electron chi connectivity index (χ0n) is 13.5. The summed E-state index contributed by atoms with van der Waals surface area (Å²) in [5.74, 6) is 1.73. The molecule has 2 aromatic rings. The first-order valence-corrected chi connectivity index (χ1v) is 6.82. The largest absolute Gasteiger partial charge is 0.497 e. The minimum atomic E-state index is -0.415. The number of anilines is 3. The average Bonchev–Trinajstić information content (AvgIpc) is 2.54. The van der Waals surface area contributed by atoms with E-state index in [-0.39, 0.29) is 0 Å². The molecule has 1 aromatic heterocycles. The van der Waals surface area contributed by atoms with Crippen LogP contribution in [0, 0.1) is 0 Å². The third-order valence-corrected chi connectivity index (χ3v) is 2.91. The predicted octanol–water partition coefficient (Wildman–Crippen LogP) is 2.20. The molecular weight excluding hydrogens is 298 g/mol. The summed E-state index contributed by atoms with van der Waals surface area (Å²) in [6, 6.07) is 4.68. The quantitative estimate of drug-likeness (QED) is 0.879. The molecule has 1 aromatic carbocycles. The molecule has 2 rings (SSSR count). The van der Waals surface area contributed by atoms with Crippen molar-refractivity contribution in [2.75, 3.05) is 43.8 Å². The number of carbonyl (C=O) groups excluding carboxylic acids is 1. The standard InChI is InChI=1S/C15H19N5O3/c1-20(2)14-16-8-11(9-17-14)19-15(21)18-10-5-12(22-3)7-13(6-10)23-4/h5-9H,1-4H3,(H2,18,19,21). The second-order valence-electron chi connectivity index (χ2n) is 4.85. The number of aromatic nitrogens is 2. The lowest BCUT2D eigenvalue weighted by Gasteiger charge is -2.12. The van der Waals surface area contributed by atoms with Crippen LogP contribution in [-0.2, 0) is 0 Å². The highest BCUT2D eigenvalue weighted by Crippen LogP contribution is 2.25. The van der Waals surface area contributed by atoms with E-state index in [2.05, 4.69) is 20.6 Å². The Morgan fingerprint density at radius 3 is 1.96 bits per heavy atom. The van der Waals surface area contributed by atoms with E-state index in [1.54, 1.807) is 37.3 Å². The predicted molar refractivity (Wildman–Crippen MR) is 88.5 cm³/mol. The van der Waals surface area contributed by atoms with Gasteiger partial charge in [0.25, 0.3) is 0 Å². The van der Waals surface area contributed by atoms with Gasteiger partial charge in [-0.05, 0) is 0 Å². The van der Waals surface area contributed by atoms with Gasteiger partial charge in [0.15, 0.2) is 0 Å². The van der Waals surface area contributed by atoms with Crippen LogP contribution in [0.25, 0.3) is 0 Å². The van der Waals surface area contributed by atoms with E-state index >= 15 is 0 Å².